The smallest absolute Gasteiger partial charge is 0.162 e. The second kappa shape index (κ2) is 5.81. The molecule has 0 aromatic rings. The average molecular weight is 197 g/mol. The van der Waals surface area contributed by atoms with Gasteiger partial charge in [0.15, 0.2) is 12.3 Å². The standard InChI is InChI=1S/C11H19NO2/c1-2-11(13)8-9-12(14)10-6-4-3-5-7-10/h2,9-11,13H,1,3-8H2/b12-9+. The lowest BCUT2D eigenvalue weighted by Crippen LogP contribution is -2.25. The Hall–Kier alpha value is -0.830. The van der Waals surface area contributed by atoms with E-state index in [4.69, 9.17) is 0 Å². The minimum atomic E-state index is -0.588. The lowest BCUT2D eigenvalue weighted by molar-refractivity contribution is -0.502. The quantitative estimate of drug-likeness (QED) is 0.246. The molecule has 1 N–H and O–H groups in total. The van der Waals surface area contributed by atoms with Gasteiger partial charge < -0.3 is 10.3 Å². The molecule has 1 aliphatic rings. The molecule has 0 spiro atoms. The van der Waals surface area contributed by atoms with Crippen molar-refractivity contribution in [3.63, 3.8) is 0 Å². The number of hydroxylamine groups is 1. The summed E-state index contributed by atoms with van der Waals surface area (Å²) in [6, 6.07) is 0.140. The second-order valence-electron chi connectivity index (χ2n) is 3.87. The Bertz CT molecular complexity index is 207. The Kier molecular flexibility index (Phi) is 4.66. The van der Waals surface area contributed by atoms with Crippen LogP contribution >= 0.6 is 0 Å². The van der Waals surface area contributed by atoms with E-state index in [1.165, 1.54) is 12.5 Å². The van der Waals surface area contributed by atoms with Crippen LogP contribution in [0.15, 0.2) is 12.7 Å². The molecule has 0 saturated heterocycles. The highest BCUT2D eigenvalue weighted by Gasteiger charge is 2.19. The average Bonchev–Trinajstić information content (AvgIpc) is 2.26. The third-order valence-corrected chi connectivity index (χ3v) is 2.73. The van der Waals surface area contributed by atoms with Crippen LogP contribution in [0.1, 0.15) is 38.5 Å². The molecule has 1 unspecified atom stereocenters. The fourth-order valence-electron chi connectivity index (χ4n) is 1.79. The first kappa shape index (κ1) is 11.2. The van der Waals surface area contributed by atoms with Crippen molar-refractivity contribution in [2.24, 2.45) is 0 Å². The van der Waals surface area contributed by atoms with E-state index in [-0.39, 0.29) is 6.04 Å². The lowest BCUT2D eigenvalue weighted by atomic mass is 9.96. The van der Waals surface area contributed by atoms with Crippen molar-refractivity contribution in [2.75, 3.05) is 0 Å². The van der Waals surface area contributed by atoms with Gasteiger partial charge in [-0.25, -0.2) is 4.74 Å². The summed E-state index contributed by atoms with van der Waals surface area (Å²) in [6.07, 6.45) is 8.32. The van der Waals surface area contributed by atoms with Crippen LogP contribution in [0.2, 0.25) is 0 Å². The molecule has 3 nitrogen and oxygen atoms in total. The van der Waals surface area contributed by atoms with Gasteiger partial charge >= 0.3 is 0 Å². The normalized spacial score (nSPS) is 21.9. The number of aliphatic hydroxyl groups is 1. The molecule has 80 valence electrons. The second-order valence-corrected chi connectivity index (χ2v) is 3.87. The Morgan fingerprint density at radius 3 is 2.64 bits per heavy atom. The van der Waals surface area contributed by atoms with E-state index in [0.717, 1.165) is 30.4 Å². The molecule has 1 aliphatic carbocycles. The summed E-state index contributed by atoms with van der Waals surface area (Å²) in [5.74, 6) is 0. The number of rotatable bonds is 4. The van der Waals surface area contributed by atoms with Crippen molar-refractivity contribution in [3.05, 3.63) is 17.9 Å². The van der Waals surface area contributed by atoms with Crippen LogP contribution in [0, 0.1) is 5.21 Å². The topological polar surface area (TPSA) is 46.3 Å². The summed E-state index contributed by atoms with van der Waals surface area (Å²) in [5.41, 5.74) is 0. The van der Waals surface area contributed by atoms with E-state index in [1.54, 1.807) is 6.21 Å². The minimum Gasteiger partial charge on any atom is -0.624 e. The molecule has 0 heterocycles. The van der Waals surface area contributed by atoms with Crippen molar-refractivity contribution in [2.45, 2.75) is 50.7 Å². The SMILES string of the molecule is C=CC(O)C/C=[N+](/[O-])C1CCCCC1. The molecule has 1 fully saturated rings. The number of hydrogen-bond donors (Lipinski definition) is 1. The number of hydrogen-bond acceptors (Lipinski definition) is 2. The molecular formula is C11H19NO2. The molecule has 1 atom stereocenters. The van der Waals surface area contributed by atoms with Gasteiger partial charge in [-0.2, -0.15) is 0 Å². The molecule has 1 rings (SSSR count). The summed E-state index contributed by atoms with van der Waals surface area (Å²) in [6.45, 7) is 3.46. The molecule has 0 aromatic carbocycles. The van der Waals surface area contributed by atoms with Crippen molar-refractivity contribution < 1.29 is 9.85 Å². The van der Waals surface area contributed by atoms with Gasteiger partial charge in [0, 0.05) is 12.8 Å². The van der Waals surface area contributed by atoms with Gasteiger partial charge in [-0.05, 0) is 12.8 Å². The van der Waals surface area contributed by atoms with Crippen LogP contribution in [0.3, 0.4) is 0 Å². The van der Waals surface area contributed by atoms with Crippen LogP contribution in [0.4, 0.5) is 0 Å². The fourth-order valence-corrected chi connectivity index (χ4v) is 1.79. The van der Waals surface area contributed by atoms with Crippen molar-refractivity contribution >= 4 is 6.21 Å². The first-order valence-corrected chi connectivity index (χ1v) is 5.33. The molecule has 3 heteroatoms. The van der Waals surface area contributed by atoms with Gasteiger partial charge in [-0.15, -0.1) is 6.58 Å². The highest BCUT2D eigenvalue weighted by molar-refractivity contribution is 5.52. The van der Waals surface area contributed by atoms with Crippen molar-refractivity contribution in [1.29, 1.82) is 0 Å². The number of aliphatic hydroxyl groups excluding tert-OH is 1. The summed E-state index contributed by atoms with van der Waals surface area (Å²) in [7, 11) is 0. The van der Waals surface area contributed by atoms with Crippen LogP contribution < -0.4 is 0 Å². The van der Waals surface area contributed by atoms with E-state index >= 15 is 0 Å². The van der Waals surface area contributed by atoms with Gasteiger partial charge in [0.25, 0.3) is 0 Å². The molecule has 0 radical (unpaired) electrons. The molecule has 0 bridgehead atoms. The molecular weight excluding hydrogens is 178 g/mol. The van der Waals surface area contributed by atoms with E-state index in [2.05, 4.69) is 6.58 Å². The highest BCUT2D eigenvalue weighted by atomic mass is 16.5. The summed E-state index contributed by atoms with van der Waals surface area (Å²) in [5, 5.41) is 20.7. The van der Waals surface area contributed by atoms with E-state index in [1.807, 2.05) is 0 Å². The molecule has 0 aliphatic heterocycles. The summed E-state index contributed by atoms with van der Waals surface area (Å²) < 4.78 is 1.02. The maximum atomic E-state index is 11.5. The zero-order chi connectivity index (χ0) is 10.4. The number of nitrogens with zero attached hydrogens (tertiary/aromatic N) is 1. The van der Waals surface area contributed by atoms with Crippen molar-refractivity contribution in [1.82, 2.24) is 0 Å². The van der Waals surface area contributed by atoms with Crippen LogP contribution in [0.25, 0.3) is 0 Å². The molecule has 1 saturated carbocycles. The maximum absolute atomic E-state index is 11.5. The monoisotopic (exact) mass is 197 g/mol. The summed E-state index contributed by atoms with van der Waals surface area (Å²) in [4.78, 5) is 0. The maximum Gasteiger partial charge on any atom is 0.162 e. The van der Waals surface area contributed by atoms with Gasteiger partial charge in [0.1, 0.15) is 0 Å². The van der Waals surface area contributed by atoms with Gasteiger partial charge in [-0.3, -0.25) is 0 Å². The first-order chi connectivity index (χ1) is 6.74. The zero-order valence-electron chi connectivity index (χ0n) is 8.56. The first-order valence-electron chi connectivity index (χ1n) is 5.33. The minimum absolute atomic E-state index is 0.140. The Morgan fingerprint density at radius 2 is 2.07 bits per heavy atom. The van der Waals surface area contributed by atoms with Gasteiger partial charge in [0.2, 0.25) is 0 Å². The lowest BCUT2D eigenvalue weighted by Gasteiger charge is -2.20. The third kappa shape index (κ3) is 3.50. The van der Waals surface area contributed by atoms with Crippen molar-refractivity contribution in [3.8, 4) is 0 Å². The predicted molar refractivity (Wildman–Crippen MR) is 57.4 cm³/mol. The van der Waals surface area contributed by atoms with Crippen LogP contribution in [0.5, 0.6) is 0 Å². The predicted octanol–water partition coefficient (Wildman–Crippen LogP) is 1.84. The largest absolute Gasteiger partial charge is 0.624 e. The van der Waals surface area contributed by atoms with Crippen LogP contribution in [-0.2, 0) is 0 Å². The zero-order valence-corrected chi connectivity index (χ0v) is 8.56. The molecule has 14 heavy (non-hydrogen) atoms. The highest BCUT2D eigenvalue weighted by Crippen LogP contribution is 2.19. The van der Waals surface area contributed by atoms with E-state index in [9.17, 15) is 10.3 Å². The van der Waals surface area contributed by atoms with Gasteiger partial charge in [0.05, 0.1) is 12.5 Å². The molecule has 0 amide bonds. The Morgan fingerprint density at radius 1 is 1.43 bits per heavy atom. The third-order valence-electron chi connectivity index (χ3n) is 2.73. The fraction of sp³-hybridized carbons (Fsp3) is 0.727. The van der Waals surface area contributed by atoms with E-state index in [0.29, 0.717) is 6.42 Å². The van der Waals surface area contributed by atoms with Crippen LogP contribution in [-0.4, -0.2) is 28.2 Å². The Labute approximate surface area is 85.3 Å². The summed E-state index contributed by atoms with van der Waals surface area (Å²) >= 11 is 0. The molecule has 0 aromatic heterocycles. The van der Waals surface area contributed by atoms with E-state index < -0.39 is 6.10 Å². The van der Waals surface area contributed by atoms with Gasteiger partial charge in [-0.1, -0.05) is 12.5 Å². The Balaban J connectivity index is 2.37.